The van der Waals surface area contributed by atoms with Gasteiger partial charge in [0.25, 0.3) is 0 Å². The lowest BCUT2D eigenvalue weighted by atomic mass is 9.82. The van der Waals surface area contributed by atoms with E-state index in [9.17, 15) is 8.42 Å². The molecule has 130 valence electrons. The molecule has 0 aliphatic carbocycles. The molecule has 1 aliphatic rings. The quantitative estimate of drug-likeness (QED) is 0.432. The van der Waals surface area contributed by atoms with Crippen LogP contribution in [0.4, 0.5) is 0 Å². The molecule has 7 heteroatoms. The van der Waals surface area contributed by atoms with Crippen LogP contribution < -0.4 is 5.32 Å². The van der Waals surface area contributed by atoms with Crippen molar-refractivity contribution >= 4 is 39.8 Å². The molecule has 1 heterocycles. The Morgan fingerprint density at radius 2 is 2.00 bits per heavy atom. The van der Waals surface area contributed by atoms with Gasteiger partial charge in [-0.25, -0.2) is 8.42 Å². The van der Waals surface area contributed by atoms with Gasteiger partial charge in [0.15, 0.2) is 5.96 Å². The first-order valence-electron chi connectivity index (χ1n) is 7.53. The SMILES string of the molecule is CN=C(NCCS(C)(=O)=O)N1CCC(C)(c2ccccc2)C1.I. The Morgan fingerprint density at radius 3 is 2.57 bits per heavy atom. The molecule has 1 aromatic carbocycles. The average molecular weight is 451 g/mol. The highest BCUT2D eigenvalue weighted by Crippen LogP contribution is 2.33. The summed E-state index contributed by atoms with van der Waals surface area (Å²) in [6, 6.07) is 10.5. The molecule has 2 rings (SSSR count). The van der Waals surface area contributed by atoms with Gasteiger partial charge in [0, 0.05) is 38.4 Å². The Hall–Kier alpha value is -0.830. The van der Waals surface area contributed by atoms with E-state index < -0.39 is 9.84 Å². The third-order valence-corrected chi connectivity index (χ3v) is 5.16. The number of likely N-dealkylation sites (tertiary alicyclic amines) is 1. The minimum atomic E-state index is -2.95. The Labute approximate surface area is 156 Å². The number of nitrogens with one attached hydrogen (secondary N) is 1. The predicted molar refractivity (Wildman–Crippen MR) is 106 cm³/mol. The van der Waals surface area contributed by atoms with Crippen LogP contribution in [0.15, 0.2) is 35.3 Å². The molecule has 0 aromatic heterocycles. The van der Waals surface area contributed by atoms with Crippen LogP contribution in [0.3, 0.4) is 0 Å². The zero-order valence-corrected chi connectivity index (χ0v) is 17.1. The van der Waals surface area contributed by atoms with Crippen molar-refractivity contribution in [2.75, 3.05) is 38.7 Å². The van der Waals surface area contributed by atoms with E-state index in [1.807, 2.05) is 6.07 Å². The molecule has 1 aliphatic heterocycles. The zero-order valence-electron chi connectivity index (χ0n) is 13.9. The second-order valence-electron chi connectivity index (χ2n) is 6.20. The van der Waals surface area contributed by atoms with Gasteiger partial charge < -0.3 is 10.2 Å². The van der Waals surface area contributed by atoms with Crippen molar-refractivity contribution in [2.45, 2.75) is 18.8 Å². The summed E-state index contributed by atoms with van der Waals surface area (Å²) in [7, 11) is -1.22. The van der Waals surface area contributed by atoms with Crippen molar-refractivity contribution in [1.29, 1.82) is 0 Å². The van der Waals surface area contributed by atoms with Crippen LogP contribution in [0.5, 0.6) is 0 Å². The van der Waals surface area contributed by atoms with Crippen LogP contribution in [0, 0.1) is 0 Å². The summed E-state index contributed by atoms with van der Waals surface area (Å²) in [6.07, 6.45) is 2.31. The summed E-state index contributed by atoms with van der Waals surface area (Å²) in [4.78, 5) is 6.49. The number of hydrogen-bond donors (Lipinski definition) is 1. The minimum Gasteiger partial charge on any atom is -0.355 e. The number of rotatable bonds is 4. The smallest absolute Gasteiger partial charge is 0.193 e. The van der Waals surface area contributed by atoms with Gasteiger partial charge in [-0.3, -0.25) is 4.99 Å². The van der Waals surface area contributed by atoms with E-state index in [4.69, 9.17) is 0 Å². The third-order valence-electron chi connectivity index (χ3n) is 4.21. The second-order valence-corrected chi connectivity index (χ2v) is 8.46. The highest BCUT2D eigenvalue weighted by molar-refractivity contribution is 14.0. The van der Waals surface area contributed by atoms with E-state index in [2.05, 4.69) is 46.4 Å². The maximum atomic E-state index is 11.2. The van der Waals surface area contributed by atoms with Crippen LogP contribution in [0.25, 0.3) is 0 Å². The Balaban J connectivity index is 0.00000264. The van der Waals surface area contributed by atoms with Gasteiger partial charge in [0.1, 0.15) is 9.84 Å². The fourth-order valence-electron chi connectivity index (χ4n) is 2.90. The lowest BCUT2D eigenvalue weighted by Crippen LogP contribution is -2.43. The van der Waals surface area contributed by atoms with E-state index in [-0.39, 0.29) is 35.1 Å². The molecule has 0 bridgehead atoms. The molecule has 5 nitrogen and oxygen atoms in total. The summed E-state index contributed by atoms with van der Waals surface area (Å²) in [5, 5.41) is 3.15. The average Bonchev–Trinajstić information content (AvgIpc) is 2.87. The van der Waals surface area contributed by atoms with Crippen molar-refractivity contribution < 1.29 is 8.42 Å². The van der Waals surface area contributed by atoms with Crippen molar-refractivity contribution in [3.05, 3.63) is 35.9 Å². The molecule has 1 N–H and O–H groups in total. The zero-order chi connectivity index (χ0) is 16.2. The first-order valence-corrected chi connectivity index (χ1v) is 9.59. The summed E-state index contributed by atoms with van der Waals surface area (Å²) in [5.74, 6) is 0.902. The third kappa shape index (κ3) is 5.63. The number of sulfone groups is 1. The lowest BCUT2D eigenvalue weighted by Gasteiger charge is -2.27. The van der Waals surface area contributed by atoms with Crippen LogP contribution in [-0.2, 0) is 15.3 Å². The number of benzene rings is 1. The van der Waals surface area contributed by atoms with Gasteiger partial charge in [0.05, 0.1) is 5.75 Å². The van der Waals surface area contributed by atoms with E-state index in [1.165, 1.54) is 11.8 Å². The molecule has 0 amide bonds. The first kappa shape index (κ1) is 20.2. The lowest BCUT2D eigenvalue weighted by molar-refractivity contribution is 0.440. The molecule has 0 radical (unpaired) electrons. The fraction of sp³-hybridized carbons (Fsp3) is 0.562. The molecule has 23 heavy (non-hydrogen) atoms. The Bertz CT molecular complexity index is 634. The summed E-state index contributed by atoms with van der Waals surface area (Å²) in [5.41, 5.74) is 1.44. The number of hydrogen-bond acceptors (Lipinski definition) is 3. The maximum Gasteiger partial charge on any atom is 0.193 e. The molecule has 0 saturated carbocycles. The number of aliphatic imine (C=N–C) groups is 1. The topological polar surface area (TPSA) is 61.8 Å². The Morgan fingerprint density at radius 1 is 1.35 bits per heavy atom. The van der Waals surface area contributed by atoms with Crippen LogP contribution >= 0.6 is 24.0 Å². The van der Waals surface area contributed by atoms with E-state index in [0.717, 1.165) is 25.5 Å². The monoisotopic (exact) mass is 451 g/mol. The highest BCUT2D eigenvalue weighted by atomic mass is 127. The van der Waals surface area contributed by atoms with Gasteiger partial charge in [0.2, 0.25) is 0 Å². The van der Waals surface area contributed by atoms with Crippen molar-refractivity contribution in [2.24, 2.45) is 4.99 Å². The maximum absolute atomic E-state index is 11.2. The number of guanidine groups is 1. The fourth-order valence-corrected chi connectivity index (χ4v) is 3.37. The van der Waals surface area contributed by atoms with E-state index >= 15 is 0 Å². The van der Waals surface area contributed by atoms with Crippen LogP contribution in [0.1, 0.15) is 18.9 Å². The van der Waals surface area contributed by atoms with Gasteiger partial charge in [-0.15, -0.1) is 24.0 Å². The van der Waals surface area contributed by atoms with Crippen molar-refractivity contribution in [3.8, 4) is 0 Å². The molecular weight excluding hydrogens is 425 g/mol. The Kier molecular flexibility index (Phi) is 7.31. The molecule has 1 fully saturated rings. The number of nitrogens with zero attached hydrogens (tertiary/aromatic N) is 2. The second kappa shape index (κ2) is 8.32. The van der Waals surface area contributed by atoms with Gasteiger partial charge in [-0.05, 0) is 12.0 Å². The predicted octanol–water partition coefficient (Wildman–Crippen LogP) is 1.89. The largest absolute Gasteiger partial charge is 0.355 e. The normalized spacial score (nSPS) is 21.9. The molecular formula is C16H26IN3O2S. The standard InChI is InChI=1S/C16H25N3O2S.HI/c1-16(14-7-5-4-6-8-14)9-11-19(13-16)15(17-2)18-10-12-22(3,20)21;/h4-8H,9-13H2,1-3H3,(H,17,18);1H. The van der Waals surface area contributed by atoms with Gasteiger partial charge >= 0.3 is 0 Å². The van der Waals surface area contributed by atoms with Gasteiger partial charge in [-0.2, -0.15) is 0 Å². The molecule has 1 saturated heterocycles. The molecule has 0 spiro atoms. The number of halogens is 1. The van der Waals surface area contributed by atoms with E-state index in [0.29, 0.717) is 6.54 Å². The first-order chi connectivity index (χ1) is 10.3. The van der Waals surface area contributed by atoms with Gasteiger partial charge in [-0.1, -0.05) is 37.3 Å². The molecule has 1 aromatic rings. The minimum absolute atomic E-state index is 0. The molecule has 1 atom stereocenters. The highest BCUT2D eigenvalue weighted by Gasteiger charge is 2.36. The summed E-state index contributed by atoms with van der Waals surface area (Å²) < 4.78 is 22.4. The summed E-state index contributed by atoms with van der Waals surface area (Å²) >= 11 is 0. The van der Waals surface area contributed by atoms with E-state index in [1.54, 1.807) is 7.05 Å². The van der Waals surface area contributed by atoms with Crippen molar-refractivity contribution in [1.82, 2.24) is 10.2 Å². The van der Waals surface area contributed by atoms with Crippen molar-refractivity contribution in [3.63, 3.8) is 0 Å². The van der Waals surface area contributed by atoms with Crippen LogP contribution in [-0.4, -0.2) is 58.0 Å². The summed E-state index contributed by atoms with van der Waals surface area (Å²) in [6.45, 7) is 4.47. The molecule has 1 unspecified atom stereocenters. The van der Waals surface area contributed by atoms with Crippen LogP contribution in [0.2, 0.25) is 0 Å².